The van der Waals surface area contributed by atoms with E-state index in [1.807, 2.05) is 0 Å². The van der Waals surface area contributed by atoms with Crippen LogP contribution in [0.5, 0.6) is 0 Å². The van der Waals surface area contributed by atoms with Gasteiger partial charge in [0.1, 0.15) is 11.0 Å². The topological polar surface area (TPSA) is 71.5 Å². The second-order valence-electron chi connectivity index (χ2n) is 4.35. The normalized spacial score (nSPS) is 14.9. The summed E-state index contributed by atoms with van der Waals surface area (Å²) in [7, 11) is 1.63. The number of rotatable bonds is 5. The minimum Gasteiger partial charge on any atom is -0.383 e. The second kappa shape index (κ2) is 8.28. The number of hydrogen-bond donors (Lipinski definition) is 2. The summed E-state index contributed by atoms with van der Waals surface area (Å²) in [6.45, 7) is 4.10. The molecule has 1 aromatic rings. The quantitative estimate of drug-likeness (QED) is 0.468. The van der Waals surface area contributed by atoms with E-state index in [0.29, 0.717) is 42.6 Å². The Bertz CT molecular complexity index is 485. The molecular weight excluding hydrogens is 314 g/mol. The van der Waals surface area contributed by atoms with Gasteiger partial charge in [-0.25, -0.2) is 4.98 Å². The van der Waals surface area contributed by atoms with Gasteiger partial charge >= 0.3 is 0 Å². The van der Waals surface area contributed by atoms with Gasteiger partial charge in [-0.2, -0.15) is 4.98 Å². The van der Waals surface area contributed by atoms with Gasteiger partial charge in [0.15, 0.2) is 5.11 Å². The van der Waals surface area contributed by atoms with Crippen molar-refractivity contribution in [3.63, 3.8) is 0 Å². The van der Waals surface area contributed by atoms with Crippen molar-refractivity contribution in [2.24, 2.45) is 0 Å². The van der Waals surface area contributed by atoms with E-state index < -0.39 is 0 Å². The van der Waals surface area contributed by atoms with Gasteiger partial charge < -0.3 is 25.0 Å². The average Bonchev–Trinajstić information content (AvgIpc) is 2.48. The molecule has 1 saturated heterocycles. The van der Waals surface area contributed by atoms with Crippen LogP contribution in [-0.2, 0) is 9.47 Å². The van der Waals surface area contributed by atoms with Gasteiger partial charge in [-0.3, -0.25) is 0 Å². The number of hydrogen-bond acceptors (Lipinski definition) is 6. The summed E-state index contributed by atoms with van der Waals surface area (Å²) in [6, 6.07) is 1.74. The van der Waals surface area contributed by atoms with Crippen molar-refractivity contribution in [1.82, 2.24) is 15.3 Å². The number of morpholine rings is 1. The average molecular weight is 332 g/mol. The molecule has 0 saturated carbocycles. The van der Waals surface area contributed by atoms with E-state index in [9.17, 15) is 0 Å². The molecule has 0 radical (unpaired) electrons. The third-order valence-corrected chi connectivity index (χ3v) is 3.27. The highest BCUT2D eigenvalue weighted by Gasteiger charge is 2.14. The van der Waals surface area contributed by atoms with Crippen LogP contribution in [-0.4, -0.2) is 61.6 Å². The van der Waals surface area contributed by atoms with E-state index in [1.54, 1.807) is 13.2 Å². The molecular formula is C12H18ClN5O2S. The third kappa shape index (κ3) is 5.24. The van der Waals surface area contributed by atoms with Crippen molar-refractivity contribution in [1.29, 1.82) is 0 Å². The van der Waals surface area contributed by atoms with Crippen LogP contribution >= 0.6 is 23.8 Å². The van der Waals surface area contributed by atoms with E-state index in [0.717, 1.165) is 18.9 Å². The van der Waals surface area contributed by atoms with Gasteiger partial charge in [0, 0.05) is 32.8 Å². The fourth-order valence-corrected chi connectivity index (χ4v) is 2.20. The van der Waals surface area contributed by atoms with E-state index >= 15 is 0 Å². The number of halogens is 1. The zero-order valence-electron chi connectivity index (χ0n) is 11.8. The lowest BCUT2D eigenvalue weighted by Crippen LogP contribution is -2.37. The van der Waals surface area contributed by atoms with Crippen LogP contribution in [0, 0.1) is 0 Å². The molecule has 0 unspecified atom stereocenters. The minimum absolute atomic E-state index is 0.369. The maximum Gasteiger partial charge on any atom is 0.232 e. The van der Waals surface area contributed by atoms with Crippen molar-refractivity contribution < 1.29 is 9.47 Å². The van der Waals surface area contributed by atoms with Gasteiger partial charge in [0.2, 0.25) is 5.95 Å². The molecule has 0 amide bonds. The number of anilines is 2. The lowest BCUT2D eigenvalue weighted by atomic mass is 10.4. The maximum absolute atomic E-state index is 6.05. The number of ether oxygens (including phenoxy) is 2. The highest BCUT2D eigenvalue weighted by Crippen LogP contribution is 2.19. The van der Waals surface area contributed by atoms with Crippen LogP contribution in [0.4, 0.5) is 11.8 Å². The molecule has 116 valence electrons. The molecule has 21 heavy (non-hydrogen) atoms. The smallest absolute Gasteiger partial charge is 0.232 e. The number of methoxy groups -OCH3 is 1. The van der Waals surface area contributed by atoms with Crippen molar-refractivity contribution in [3.05, 3.63) is 11.2 Å². The zero-order chi connectivity index (χ0) is 15.1. The van der Waals surface area contributed by atoms with Gasteiger partial charge in [0.05, 0.1) is 19.8 Å². The highest BCUT2D eigenvalue weighted by molar-refractivity contribution is 7.80. The molecule has 1 aromatic heterocycles. The van der Waals surface area contributed by atoms with Crippen LogP contribution in [0.1, 0.15) is 0 Å². The Morgan fingerprint density at radius 3 is 2.95 bits per heavy atom. The molecule has 2 N–H and O–H groups in total. The first-order valence-electron chi connectivity index (χ1n) is 6.60. The second-order valence-corrected chi connectivity index (χ2v) is 5.14. The standard InChI is InChI=1S/C12H18ClN5O2S/c1-19-5-2-14-12(21)17-11-15-9(13)8-10(16-11)18-3-6-20-7-4-18/h8H,2-7H2,1H3,(H2,14,15,16,17,21). The molecule has 1 aliphatic heterocycles. The number of aromatic nitrogens is 2. The summed E-state index contributed by atoms with van der Waals surface area (Å²) in [4.78, 5) is 10.7. The molecule has 2 heterocycles. The van der Waals surface area contributed by atoms with E-state index in [-0.39, 0.29) is 0 Å². The third-order valence-electron chi connectivity index (χ3n) is 2.83. The van der Waals surface area contributed by atoms with Crippen molar-refractivity contribution in [2.45, 2.75) is 0 Å². The van der Waals surface area contributed by atoms with Crippen LogP contribution in [0.3, 0.4) is 0 Å². The van der Waals surface area contributed by atoms with Gasteiger partial charge in [-0.1, -0.05) is 11.6 Å². The fraction of sp³-hybridized carbons (Fsp3) is 0.583. The predicted octanol–water partition coefficient (Wildman–Crippen LogP) is 0.899. The summed E-state index contributed by atoms with van der Waals surface area (Å²) in [5.41, 5.74) is 0. The molecule has 2 rings (SSSR count). The van der Waals surface area contributed by atoms with Crippen LogP contribution in [0.2, 0.25) is 5.15 Å². The van der Waals surface area contributed by atoms with Gasteiger partial charge in [-0.05, 0) is 12.2 Å². The lowest BCUT2D eigenvalue weighted by Gasteiger charge is -2.28. The number of nitrogens with one attached hydrogen (secondary N) is 2. The summed E-state index contributed by atoms with van der Waals surface area (Å²) >= 11 is 11.2. The van der Waals surface area contributed by atoms with E-state index in [2.05, 4.69) is 25.5 Å². The lowest BCUT2D eigenvalue weighted by molar-refractivity contribution is 0.122. The van der Waals surface area contributed by atoms with Crippen LogP contribution in [0.25, 0.3) is 0 Å². The highest BCUT2D eigenvalue weighted by atomic mass is 35.5. The van der Waals surface area contributed by atoms with Crippen LogP contribution < -0.4 is 15.5 Å². The molecule has 7 nitrogen and oxygen atoms in total. The Kier molecular flexibility index (Phi) is 6.37. The largest absolute Gasteiger partial charge is 0.383 e. The number of nitrogens with zero attached hydrogens (tertiary/aromatic N) is 3. The first-order chi connectivity index (χ1) is 10.2. The summed E-state index contributed by atoms with van der Waals surface area (Å²) in [6.07, 6.45) is 0. The monoisotopic (exact) mass is 331 g/mol. The summed E-state index contributed by atoms with van der Waals surface area (Å²) in [5, 5.41) is 6.71. The molecule has 0 bridgehead atoms. The molecule has 1 fully saturated rings. The Morgan fingerprint density at radius 1 is 1.48 bits per heavy atom. The molecule has 0 atom stereocenters. The van der Waals surface area contributed by atoms with E-state index in [4.69, 9.17) is 33.3 Å². The SMILES string of the molecule is COCCNC(=S)Nc1nc(Cl)cc(N2CCOCC2)n1. The molecule has 1 aliphatic rings. The van der Waals surface area contributed by atoms with E-state index in [1.165, 1.54) is 0 Å². The molecule has 0 spiro atoms. The Morgan fingerprint density at radius 2 is 2.24 bits per heavy atom. The number of thiocarbonyl (C=S) groups is 1. The first-order valence-corrected chi connectivity index (χ1v) is 7.38. The fourth-order valence-electron chi connectivity index (χ4n) is 1.83. The molecule has 0 aromatic carbocycles. The van der Waals surface area contributed by atoms with Crippen molar-refractivity contribution in [3.8, 4) is 0 Å². The molecule has 9 heteroatoms. The van der Waals surface area contributed by atoms with Gasteiger partial charge in [0.25, 0.3) is 0 Å². The first kappa shape index (κ1) is 16.2. The minimum atomic E-state index is 0.369. The van der Waals surface area contributed by atoms with Gasteiger partial charge in [-0.15, -0.1) is 0 Å². The maximum atomic E-state index is 6.05. The van der Waals surface area contributed by atoms with Crippen molar-refractivity contribution >= 4 is 40.7 Å². The Labute approximate surface area is 134 Å². The zero-order valence-corrected chi connectivity index (χ0v) is 13.3. The molecule has 0 aliphatic carbocycles. The Hall–Kier alpha value is -1.22. The predicted molar refractivity (Wildman–Crippen MR) is 86.2 cm³/mol. The summed E-state index contributed by atoms with van der Waals surface area (Å²) in [5.74, 6) is 1.14. The summed E-state index contributed by atoms with van der Waals surface area (Å²) < 4.78 is 10.3. The van der Waals surface area contributed by atoms with Crippen molar-refractivity contribution in [2.75, 3.05) is 56.8 Å². The van der Waals surface area contributed by atoms with Crippen LogP contribution in [0.15, 0.2) is 6.07 Å². The Balaban J connectivity index is 1.99.